The van der Waals surface area contributed by atoms with E-state index in [-0.39, 0.29) is 6.04 Å². The standard InChI is InChI=1S/C9H15NO2/c1-2-8(9(11)12)10-6-4-3-5-7-10/h3-4,8H,2,5-7H2,1H3,(H,11,12). The van der Waals surface area contributed by atoms with E-state index in [4.69, 9.17) is 5.11 Å². The monoisotopic (exact) mass is 169 g/mol. The van der Waals surface area contributed by atoms with Crippen molar-refractivity contribution in [2.24, 2.45) is 0 Å². The largest absolute Gasteiger partial charge is 0.480 e. The Kier molecular flexibility index (Phi) is 3.29. The van der Waals surface area contributed by atoms with Gasteiger partial charge in [0.05, 0.1) is 0 Å². The number of aliphatic carboxylic acids is 1. The molecule has 1 atom stereocenters. The van der Waals surface area contributed by atoms with Gasteiger partial charge < -0.3 is 5.11 Å². The smallest absolute Gasteiger partial charge is 0.320 e. The van der Waals surface area contributed by atoms with Crippen molar-refractivity contribution in [3.8, 4) is 0 Å². The van der Waals surface area contributed by atoms with Gasteiger partial charge in [0, 0.05) is 13.1 Å². The third-order valence-corrected chi connectivity index (χ3v) is 2.20. The average molecular weight is 169 g/mol. The Morgan fingerprint density at radius 1 is 1.67 bits per heavy atom. The SMILES string of the molecule is CCC(C(=O)O)N1CC=CCC1. The molecule has 0 spiro atoms. The van der Waals surface area contributed by atoms with E-state index in [1.807, 2.05) is 17.9 Å². The van der Waals surface area contributed by atoms with Crippen molar-refractivity contribution < 1.29 is 9.90 Å². The van der Waals surface area contributed by atoms with Crippen LogP contribution in [0.4, 0.5) is 0 Å². The average Bonchev–Trinajstić information content (AvgIpc) is 2.07. The van der Waals surface area contributed by atoms with Gasteiger partial charge in [0.25, 0.3) is 0 Å². The second kappa shape index (κ2) is 4.26. The highest BCUT2D eigenvalue weighted by Crippen LogP contribution is 2.09. The molecule has 1 N–H and O–H groups in total. The molecule has 1 unspecified atom stereocenters. The molecule has 1 aliphatic rings. The van der Waals surface area contributed by atoms with Crippen LogP contribution in [0, 0.1) is 0 Å². The summed E-state index contributed by atoms with van der Waals surface area (Å²) >= 11 is 0. The van der Waals surface area contributed by atoms with Gasteiger partial charge in [-0.15, -0.1) is 0 Å². The predicted octanol–water partition coefficient (Wildman–Crippen LogP) is 1.11. The normalized spacial score (nSPS) is 20.8. The van der Waals surface area contributed by atoms with Crippen LogP contribution in [0.15, 0.2) is 12.2 Å². The second-order valence-corrected chi connectivity index (χ2v) is 3.02. The van der Waals surface area contributed by atoms with Gasteiger partial charge in [-0.05, 0) is 12.8 Å². The first-order valence-electron chi connectivity index (χ1n) is 4.37. The molecule has 0 bridgehead atoms. The fourth-order valence-corrected chi connectivity index (χ4v) is 1.53. The molecule has 0 radical (unpaired) electrons. The molecule has 0 aromatic heterocycles. The summed E-state index contributed by atoms with van der Waals surface area (Å²) in [4.78, 5) is 12.8. The summed E-state index contributed by atoms with van der Waals surface area (Å²) in [5, 5.41) is 8.86. The Bertz CT molecular complexity index is 189. The Hall–Kier alpha value is -0.830. The molecular weight excluding hydrogens is 154 g/mol. The van der Waals surface area contributed by atoms with Crippen molar-refractivity contribution in [3.05, 3.63) is 12.2 Å². The quantitative estimate of drug-likeness (QED) is 0.643. The number of carboxylic acids is 1. The fourth-order valence-electron chi connectivity index (χ4n) is 1.53. The van der Waals surface area contributed by atoms with Gasteiger partial charge in [-0.2, -0.15) is 0 Å². The number of carboxylic acid groups (broad SMARTS) is 1. The summed E-state index contributed by atoms with van der Waals surface area (Å²) in [6.45, 7) is 3.57. The molecule has 3 heteroatoms. The summed E-state index contributed by atoms with van der Waals surface area (Å²) in [6, 6.07) is -0.296. The van der Waals surface area contributed by atoms with Crippen molar-refractivity contribution in [1.29, 1.82) is 0 Å². The molecule has 0 saturated heterocycles. The van der Waals surface area contributed by atoms with E-state index >= 15 is 0 Å². The zero-order chi connectivity index (χ0) is 8.97. The summed E-state index contributed by atoms with van der Waals surface area (Å²) in [5.74, 6) is -0.701. The Morgan fingerprint density at radius 2 is 2.42 bits per heavy atom. The summed E-state index contributed by atoms with van der Waals surface area (Å²) < 4.78 is 0. The van der Waals surface area contributed by atoms with Crippen LogP contribution in [0.3, 0.4) is 0 Å². The van der Waals surface area contributed by atoms with Gasteiger partial charge in [-0.25, -0.2) is 0 Å². The lowest BCUT2D eigenvalue weighted by atomic mass is 10.1. The zero-order valence-electron chi connectivity index (χ0n) is 7.36. The van der Waals surface area contributed by atoms with E-state index in [0.717, 1.165) is 19.5 Å². The molecule has 0 aromatic rings. The first-order valence-corrected chi connectivity index (χ1v) is 4.37. The van der Waals surface area contributed by atoms with E-state index < -0.39 is 5.97 Å². The number of carbonyl (C=O) groups is 1. The number of nitrogens with zero attached hydrogens (tertiary/aromatic N) is 1. The predicted molar refractivity (Wildman–Crippen MR) is 47.0 cm³/mol. The molecule has 1 heterocycles. The zero-order valence-corrected chi connectivity index (χ0v) is 7.36. The molecule has 0 aromatic carbocycles. The highest BCUT2D eigenvalue weighted by atomic mass is 16.4. The van der Waals surface area contributed by atoms with Crippen LogP contribution in [-0.2, 0) is 4.79 Å². The first-order chi connectivity index (χ1) is 5.75. The van der Waals surface area contributed by atoms with Crippen molar-refractivity contribution in [2.45, 2.75) is 25.8 Å². The Labute approximate surface area is 72.7 Å². The van der Waals surface area contributed by atoms with Crippen LogP contribution in [0.5, 0.6) is 0 Å². The lowest BCUT2D eigenvalue weighted by Crippen LogP contribution is -2.42. The lowest BCUT2D eigenvalue weighted by molar-refractivity contribution is -0.143. The van der Waals surface area contributed by atoms with Crippen LogP contribution < -0.4 is 0 Å². The number of hydrogen-bond donors (Lipinski definition) is 1. The minimum atomic E-state index is -0.701. The summed E-state index contributed by atoms with van der Waals surface area (Å²) in [7, 11) is 0. The Morgan fingerprint density at radius 3 is 2.83 bits per heavy atom. The Balaban J connectivity index is 2.53. The van der Waals surface area contributed by atoms with Gasteiger partial charge in [0.15, 0.2) is 0 Å². The van der Waals surface area contributed by atoms with Gasteiger partial charge in [-0.1, -0.05) is 19.1 Å². The number of hydrogen-bond acceptors (Lipinski definition) is 2. The number of rotatable bonds is 3. The topological polar surface area (TPSA) is 40.5 Å². The molecule has 0 amide bonds. The molecular formula is C9H15NO2. The maximum absolute atomic E-state index is 10.8. The maximum atomic E-state index is 10.8. The molecule has 12 heavy (non-hydrogen) atoms. The lowest BCUT2D eigenvalue weighted by Gasteiger charge is -2.28. The highest BCUT2D eigenvalue weighted by Gasteiger charge is 2.22. The van der Waals surface area contributed by atoms with Crippen LogP contribution in [-0.4, -0.2) is 35.1 Å². The van der Waals surface area contributed by atoms with Crippen LogP contribution in [0.1, 0.15) is 19.8 Å². The summed E-state index contributed by atoms with van der Waals surface area (Å²) in [6.07, 6.45) is 5.80. The van der Waals surface area contributed by atoms with Crippen LogP contribution in [0.2, 0.25) is 0 Å². The fraction of sp³-hybridized carbons (Fsp3) is 0.667. The molecule has 3 nitrogen and oxygen atoms in total. The molecule has 68 valence electrons. The van der Waals surface area contributed by atoms with Gasteiger partial charge in [0.2, 0.25) is 0 Å². The van der Waals surface area contributed by atoms with E-state index in [9.17, 15) is 4.79 Å². The second-order valence-electron chi connectivity index (χ2n) is 3.02. The molecule has 0 aliphatic carbocycles. The highest BCUT2D eigenvalue weighted by molar-refractivity contribution is 5.73. The third kappa shape index (κ3) is 2.08. The van der Waals surface area contributed by atoms with E-state index in [2.05, 4.69) is 6.08 Å². The first kappa shape index (κ1) is 9.26. The van der Waals surface area contributed by atoms with Crippen LogP contribution >= 0.6 is 0 Å². The van der Waals surface area contributed by atoms with E-state index in [0.29, 0.717) is 6.42 Å². The maximum Gasteiger partial charge on any atom is 0.320 e. The molecule has 1 rings (SSSR count). The van der Waals surface area contributed by atoms with Crippen molar-refractivity contribution in [1.82, 2.24) is 4.90 Å². The van der Waals surface area contributed by atoms with Gasteiger partial charge in [0.1, 0.15) is 6.04 Å². The van der Waals surface area contributed by atoms with Gasteiger partial charge >= 0.3 is 5.97 Å². The minimum Gasteiger partial charge on any atom is -0.480 e. The molecule has 0 saturated carbocycles. The molecule has 1 aliphatic heterocycles. The van der Waals surface area contributed by atoms with Crippen molar-refractivity contribution in [2.75, 3.05) is 13.1 Å². The molecule has 0 fully saturated rings. The van der Waals surface area contributed by atoms with E-state index in [1.54, 1.807) is 0 Å². The van der Waals surface area contributed by atoms with Crippen molar-refractivity contribution in [3.63, 3.8) is 0 Å². The van der Waals surface area contributed by atoms with E-state index in [1.165, 1.54) is 0 Å². The minimum absolute atomic E-state index is 0.296. The summed E-state index contributed by atoms with van der Waals surface area (Å²) in [5.41, 5.74) is 0. The van der Waals surface area contributed by atoms with Crippen LogP contribution in [0.25, 0.3) is 0 Å². The van der Waals surface area contributed by atoms with Crippen molar-refractivity contribution >= 4 is 5.97 Å². The third-order valence-electron chi connectivity index (χ3n) is 2.20. The van der Waals surface area contributed by atoms with Gasteiger partial charge in [-0.3, -0.25) is 9.69 Å².